The molecular weight excluding hydrogens is 240 g/mol. The number of rotatable bonds is 6. The van der Waals surface area contributed by atoms with Crippen molar-refractivity contribution in [3.05, 3.63) is 24.3 Å². The highest BCUT2D eigenvalue weighted by atomic mass is 14.4. The van der Waals surface area contributed by atoms with Gasteiger partial charge in [0, 0.05) is 0 Å². The summed E-state index contributed by atoms with van der Waals surface area (Å²) in [6.07, 6.45) is 16.1. The molecule has 0 bridgehead atoms. The van der Waals surface area contributed by atoms with Gasteiger partial charge < -0.3 is 0 Å². The Morgan fingerprint density at radius 1 is 1.25 bits per heavy atom. The normalized spacial score (nSPS) is 35.6. The fraction of sp³-hybridized carbons (Fsp3) is 0.800. The quantitative estimate of drug-likeness (QED) is 0.492. The summed E-state index contributed by atoms with van der Waals surface area (Å²) >= 11 is 0. The molecule has 0 spiro atoms. The third-order valence-corrected chi connectivity index (χ3v) is 5.98. The molecule has 20 heavy (non-hydrogen) atoms. The molecule has 5 unspecified atom stereocenters. The second-order valence-electron chi connectivity index (χ2n) is 7.20. The van der Waals surface area contributed by atoms with E-state index < -0.39 is 0 Å². The molecule has 0 aliphatic heterocycles. The van der Waals surface area contributed by atoms with Gasteiger partial charge in [-0.3, -0.25) is 0 Å². The van der Waals surface area contributed by atoms with Gasteiger partial charge in [0.1, 0.15) is 0 Å². The van der Waals surface area contributed by atoms with Gasteiger partial charge in [-0.05, 0) is 61.7 Å². The predicted octanol–water partition coefficient (Wildman–Crippen LogP) is 6.39. The van der Waals surface area contributed by atoms with Gasteiger partial charge >= 0.3 is 0 Å². The van der Waals surface area contributed by atoms with E-state index in [1.54, 1.807) is 0 Å². The van der Waals surface area contributed by atoms with E-state index in [0.29, 0.717) is 5.92 Å². The minimum absolute atomic E-state index is 0.698. The van der Waals surface area contributed by atoms with Gasteiger partial charge in [0.05, 0.1) is 0 Å². The van der Waals surface area contributed by atoms with Gasteiger partial charge in [0.15, 0.2) is 0 Å². The minimum atomic E-state index is 0.698. The molecule has 0 N–H and O–H groups in total. The van der Waals surface area contributed by atoms with E-state index in [1.807, 2.05) is 5.57 Å². The zero-order valence-corrected chi connectivity index (χ0v) is 13.9. The van der Waals surface area contributed by atoms with Crippen LogP contribution in [-0.2, 0) is 0 Å². The van der Waals surface area contributed by atoms with Crippen molar-refractivity contribution in [3.8, 4) is 0 Å². The molecule has 0 heterocycles. The predicted molar refractivity (Wildman–Crippen MR) is 89.7 cm³/mol. The highest BCUT2D eigenvalue weighted by Gasteiger charge is 2.34. The van der Waals surface area contributed by atoms with Crippen LogP contribution in [0, 0.1) is 29.6 Å². The fourth-order valence-corrected chi connectivity index (χ4v) is 4.77. The highest BCUT2D eigenvalue weighted by molar-refractivity contribution is 5.18. The SMILES string of the molecule is C=CC(CC)C1C=C(C2CCCC2CCC)C(C)CC1. The molecule has 1 fully saturated rings. The van der Waals surface area contributed by atoms with Crippen LogP contribution in [0.25, 0.3) is 0 Å². The third-order valence-electron chi connectivity index (χ3n) is 5.98. The average Bonchev–Trinajstić information content (AvgIpc) is 2.90. The summed E-state index contributed by atoms with van der Waals surface area (Å²) in [6.45, 7) is 11.2. The molecule has 0 aromatic rings. The molecule has 0 saturated heterocycles. The first kappa shape index (κ1) is 15.9. The molecule has 0 aromatic heterocycles. The van der Waals surface area contributed by atoms with Crippen molar-refractivity contribution in [3.63, 3.8) is 0 Å². The van der Waals surface area contributed by atoms with Crippen LogP contribution in [0.5, 0.6) is 0 Å². The summed E-state index contributed by atoms with van der Waals surface area (Å²) in [7, 11) is 0. The molecule has 5 atom stereocenters. The first-order chi connectivity index (χ1) is 9.71. The molecule has 0 aromatic carbocycles. The molecule has 0 radical (unpaired) electrons. The van der Waals surface area contributed by atoms with Crippen molar-refractivity contribution in [2.75, 3.05) is 0 Å². The van der Waals surface area contributed by atoms with E-state index in [9.17, 15) is 0 Å². The van der Waals surface area contributed by atoms with Crippen molar-refractivity contribution in [1.29, 1.82) is 0 Å². The van der Waals surface area contributed by atoms with Crippen LogP contribution >= 0.6 is 0 Å². The molecule has 114 valence electrons. The minimum Gasteiger partial charge on any atom is -0.103 e. The Balaban J connectivity index is 2.16. The summed E-state index contributed by atoms with van der Waals surface area (Å²) in [4.78, 5) is 0. The first-order valence-electron chi connectivity index (χ1n) is 9.05. The van der Waals surface area contributed by atoms with E-state index in [0.717, 1.165) is 23.7 Å². The average molecular weight is 274 g/mol. The lowest BCUT2D eigenvalue weighted by Crippen LogP contribution is -2.23. The number of hydrogen-bond donors (Lipinski definition) is 0. The molecular formula is C20H34. The van der Waals surface area contributed by atoms with Crippen LogP contribution in [0.4, 0.5) is 0 Å². The van der Waals surface area contributed by atoms with Crippen LogP contribution in [0.1, 0.15) is 72.1 Å². The molecule has 2 aliphatic carbocycles. The summed E-state index contributed by atoms with van der Waals surface area (Å²) in [5.74, 6) is 4.19. The van der Waals surface area contributed by atoms with Gasteiger partial charge in [-0.25, -0.2) is 0 Å². The molecule has 1 saturated carbocycles. The Bertz CT molecular complexity index is 338. The van der Waals surface area contributed by atoms with Crippen molar-refractivity contribution >= 4 is 0 Å². The van der Waals surface area contributed by atoms with Crippen molar-refractivity contribution in [2.24, 2.45) is 29.6 Å². The Hall–Kier alpha value is -0.520. The summed E-state index contributed by atoms with van der Waals surface area (Å²) < 4.78 is 0. The van der Waals surface area contributed by atoms with E-state index in [2.05, 4.69) is 39.5 Å². The summed E-state index contributed by atoms with van der Waals surface area (Å²) in [5.41, 5.74) is 1.83. The van der Waals surface area contributed by atoms with Crippen molar-refractivity contribution in [1.82, 2.24) is 0 Å². The van der Waals surface area contributed by atoms with Crippen LogP contribution < -0.4 is 0 Å². The van der Waals surface area contributed by atoms with E-state index in [1.165, 1.54) is 51.4 Å². The van der Waals surface area contributed by atoms with Crippen molar-refractivity contribution < 1.29 is 0 Å². The Morgan fingerprint density at radius 3 is 2.70 bits per heavy atom. The fourth-order valence-electron chi connectivity index (χ4n) is 4.77. The van der Waals surface area contributed by atoms with E-state index in [-0.39, 0.29) is 0 Å². The molecule has 0 amide bonds. The second kappa shape index (κ2) is 7.48. The maximum absolute atomic E-state index is 4.06. The largest absolute Gasteiger partial charge is 0.103 e. The maximum Gasteiger partial charge on any atom is -0.0168 e. The lowest BCUT2D eigenvalue weighted by Gasteiger charge is -2.35. The first-order valence-corrected chi connectivity index (χ1v) is 9.05. The van der Waals surface area contributed by atoms with Crippen LogP contribution in [0.3, 0.4) is 0 Å². The Kier molecular flexibility index (Phi) is 5.93. The van der Waals surface area contributed by atoms with Crippen LogP contribution in [0.2, 0.25) is 0 Å². The van der Waals surface area contributed by atoms with Gasteiger partial charge in [0.2, 0.25) is 0 Å². The highest BCUT2D eigenvalue weighted by Crippen LogP contribution is 2.46. The lowest BCUT2D eigenvalue weighted by atomic mass is 9.71. The van der Waals surface area contributed by atoms with Gasteiger partial charge in [-0.15, -0.1) is 6.58 Å². The Morgan fingerprint density at radius 2 is 2.05 bits per heavy atom. The maximum atomic E-state index is 4.06. The smallest absolute Gasteiger partial charge is 0.0168 e. The number of hydrogen-bond acceptors (Lipinski definition) is 0. The monoisotopic (exact) mass is 274 g/mol. The van der Waals surface area contributed by atoms with Gasteiger partial charge in [0.25, 0.3) is 0 Å². The molecule has 2 aliphatic rings. The topological polar surface area (TPSA) is 0 Å². The van der Waals surface area contributed by atoms with Crippen LogP contribution in [0.15, 0.2) is 24.3 Å². The summed E-state index contributed by atoms with van der Waals surface area (Å²) in [6, 6.07) is 0. The van der Waals surface area contributed by atoms with Crippen LogP contribution in [-0.4, -0.2) is 0 Å². The van der Waals surface area contributed by atoms with Gasteiger partial charge in [-0.1, -0.05) is 57.8 Å². The van der Waals surface area contributed by atoms with E-state index in [4.69, 9.17) is 0 Å². The number of allylic oxidation sites excluding steroid dienone is 3. The molecule has 2 rings (SSSR count). The Labute approximate surface area is 126 Å². The molecule has 0 heteroatoms. The molecule has 0 nitrogen and oxygen atoms in total. The second-order valence-corrected chi connectivity index (χ2v) is 7.20. The van der Waals surface area contributed by atoms with E-state index >= 15 is 0 Å². The lowest BCUT2D eigenvalue weighted by molar-refractivity contribution is 0.319. The zero-order valence-electron chi connectivity index (χ0n) is 13.9. The third kappa shape index (κ3) is 3.38. The van der Waals surface area contributed by atoms with Gasteiger partial charge in [-0.2, -0.15) is 0 Å². The van der Waals surface area contributed by atoms with Crippen molar-refractivity contribution in [2.45, 2.75) is 72.1 Å². The summed E-state index contributed by atoms with van der Waals surface area (Å²) in [5, 5.41) is 0. The standard InChI is InChI=1S/C20H34/c1-5-9-17-10-8-11-19(17)20-14-18(13-12-15(20)4)16(6-2)7-3/h6,14-19H,2,5,7-13H2,1,3-4H3. The zero-order chi connectivity index (χ0) is 14.5.